The van der Waals surface area contributed by atoms with Gasteiger partial charge in [0, 0.05) is 5.56 Å². The zero-order valence-electron chi connectivity index (χ0n) is 16.5. The summed E-state index contributed by atoms with van der Waals surface area (Å²) in [6, 6.07) is 15.3. The van der Waals surface area contributed by atoms with Gasteiger partial charge in [-0.2, -0.15) is 9.50 Å². The molecule has 6 rings (SSSR count). The molecule has 0 fully saturated rings. The molecule has 154 valence electrons. The number of rotatable bonds is 2. The van der Waals surface area contributed by atoms with Gasteiger partial charge in [-0.3, -0.25) is 4.79 Å². The number of ether oxygens (including phenoxy) is 3. The molecule has 0 aliphatic carbocycles. The zero-order valence-corrected chi connectivity index (χ0v) is 17.3. The van der Waals surface area contributed by atoms with Crippen LogP contribution in [-0.4, -0.2) is 27.3 Å². The maximum Gasteiger partial charge on any atom is 0.291 e. The van der Waals surface area contributed by atoms with Crippen molar-refractivity contribution >= 4 is 28.4 Å². The molecule has 4 aromatic rings. The molecule has 2 aliphatic heterocycles. The maximum atomic E-state index is 12.9. The van der Waals surface area contributed by atoms with Crippen LogP contribution >= 0.6 is 11.3 Å². The van der Waals surface area contributed by atoms with Crippen molar-refractivity contribution in [1.82, 2.24) is 14.6 Å². The summed E-state index contributed by atoms with van der Waals surface area (Å²) in [5, 5.41) is 4.41. The second-order valence-corrected chi connectivity index (χ2v) is 8.40. The normalized spacial score (nSPS) is 20.3. The molecule has 31 heavy (non-hydrogen) atoms. The Hall–Kier alpha value is -3.65. The Morgan fingerprint density at radius 3 is 2.68 bits per heavy atom. The van der Waals surface area contributed by atoms with Gasteiger partial charge in [-0.15, -0.1) is 5.10 Å². The van der Waals surface area contributed by atoms with E-state index in [9.17, 15) is 4.79 Å². The summed E-state index contributed by atoms with van der Waals surface area (Å²) in [7, 11) is 0. The van der Waals surface area contributed by atoms with E-state index in [0.29, 0.717) is 33.4 Å². The van der Waals surface area contributed by atoms with Crippen LogP contribution in [0.15, 0.2) is 58.9 Å². The Balaban J connectivity index is 1.35. The van der Waals surface area contributed by atoms with Gasteiger partial charge in [0.05, 0.1) is 4.53 Å². The predicted molar refractivity (Wildman–Crippen MR) is 117 cm³/mol. The van der Waals surface area contributed by atoms with Gasteiger partial charge < -0.3 is 14.2 Å². The Kier molecular flexibility index (Phi) is 4.07. The van der Waals surface area contributed by atoms with E-state index in [4.69, 9.17) is 14.2 Å². The van der Waals surface area contributed by atoms with Crippen LogP contribution in [0, 0.1) is 0 Å². The Morgan fingerprint density at radius 2 is 1.84 bits per heavy atom. The number of hydrogen-bond donors (Lipinski definition) is 0. The van der Waals surface area contributed by atoms with Crippen molar-refractivity contribution in [2.45, 2.75) is 19.1 Å². The summed E-state index contributed by atoms with van der Waals surface area (Å²) >= 11 is 1.30. The van der Waals surface area contributed by atoms with Crippen molar-refractivity contribution in [2.24, 2.45) is 0 Å². The van der Waals surface area contributed by atoms with E-state index in [-0.39, 0.29) is 11.7 Å². The Bertz CT molecular complexity index is 1460. The molecule has 0 bridgehead atoms. The second-order valence-electron chi connectivity index (χ2n) is 7.39. The number of nitrogens with zero attached hydrogens (tertiary/aromatic N) is 3. The molecule has 2 aromatic carbocycles. The molecular formula is C23H17N3O4S. The van der Waals surface area contributed by atoms with Gasteiger partial charge in [-0.1, -0.05) is 41.7 Å². The molecular weight excluding hydrogens is 414 g/mol. The second kappa shape index (κ2) is 6.95. The van der Waals surface area contributed by atoms with Crippen LogP contribution < -0.4 is 24.3 Å². The number of para-hydroxylation sites is 3. The Labute approximate surface area is 180 Å². The number of hydrogen-bond acceptors (Lipinski definition) is 7. The lowest BCUT2D eigenvalue weighted by Gasteiger charge is -2.24. The van der Waals surface area contributed by atoms with Crippen LogP contribution in [0.1, 0.15) is 24.4 Å². The highest BCUT2D eigenvalue weighted by molar-refractivity contribution is 7.15. The summed E-state index contributed by atoms with van der Waals surface area (Å²) < 4.78 is 19.6. The van der Waals surface area contributed by atoms with Crippen LogP contribution in [-0.2, 0) is 0 Å². The summed E-state index contributed by atoms with van der Waals surface area (Å²) in [6.07, 6.45) is 3.30. The highest BCUT2D eigenvalue weighted by Gasteiger charge is 2.27. The van der Waals surface area contributed by atoms with Crippen molar-refractivity contribution in [1.29, 1.82) is 0 Å². The van der Waals surface area contributed by atoms with E-state index < -0.39 is 6.10 Å². The van der Waals surface area contributed by atoms with Crippen molar-refractivity contribution in [3.05, 3.63) is 80.4 Å². The first-order valence-electron chi connectivity index (χ1n) is 9.93. The van der Waals surface area contributed by atoms with Gasteiger partial charge in [-0.25, -0.2) is 0 Å². The van der Waals surface area contributed by atoms with E-state index in [2.05, 4.69) is 16.2 Å². The average Bonchev–Trinajstić information content (AvgIpc) is 3.33. The van der Waals surface area contributed by atoms with Crippen molar-refractivity contribution < 1.29 is 14.2 Å². The summed E-state index contributed by atoms with van der Waals surface area (Å²) in [4.78, 5) is 18.0. The molecule has 8 heteroatoms. The van der Waals surface area contributed by atoms with Crippen LogP contribution in [0.5, 0.6) is 17.2 Å². The minimum atomic E-state index is -0.459. The molecule has 2 atom stereocenters. The molecule has 0 spiro atoms. The van der Waals surface area contributed by atoms with Crippen molar-refractivity contribution in [3.63, 3.8) is 0 Å². The zero-order chi connectivity index (χ0) is 20.9. The fourth-order valence-electron chi connectivity index (χ4n) is 3.70. The van der Waals surface area contributed by atoms with Gasteiger partial charge >= 0.3 is 0 Å². The lowest BCUT2D eigenvalue weighted by molar-refractivity contribution is 0.0852. The van der Waals surface area contributed by atoms with Gasteiger partial charge in [-0.05, 0) is 42.8 Å². The topological polar surface area (TPSA) is 74.9 Å². The molecule has 0 saturated carbocycles. The van der Waals surface area contributed by atoms with Gasteiger partial charge in [0.25, 0.3) is 5.56 Å². The van der Waals surface area contributed by atoms with E-state index in [1.807, 2.05) is 61.5 Å². The van der Waals surface area contributed by atoms with Crippen molar-refractivity contribution in [3.8, 4) is 17.2 Å². The molecule has 0 N–H and O–H groups in total. The minimum Gasteiger partial charge on any atom is -0.485 e. The predicted octanol–water partition coefficient (Wildman–Crippen LogP) is 3.03. The third-order valence-corrected chi connectivity index (χ3v) is 6.27. The molecule has 2 aromatic heterocycles. The van der Waals surface area contributed by atoms with Gasteiger partial charge in [0.15, 0.2) is 23.4 Å². The number of benzene rings is 2. The standard InChI is InChI=1S/C23H17N3O4S/c1-13-15(10-14-6-2-3-7-16(14)29-13)11-20-22(27)26-23(31-20)24-21(25-26)19-12-28-17-8-4-5-9-18(17)30-19/h2-11,13,19H,12H2,1H3/b20-11+. The van der Waals surface area contributed by atoms with Gasteiger partial charge in [0.2, 0.25) is 4.96 Å². The molecule has 2 aliphatic rings. The number of aromatic nitrogens is 3. The quantitative estimate of drug-likeness (QED) is 0.486. The van der Waals surface area contributed by atoms with E-state index in [1.165, 1.54) is 15.9 Å². The minimum absolute atomic E-state index is 0.153. The highest BCUT2D eigenvalue weighted by atomic mass is 32.1. The van der Waals surface area contributed by atoms with Crippen molar-refractivity contribution in [2.75, 3.05) is 6.61 Å². The van der Waals surface area contributed by atoms with Crippen LogP contribution in [0.4, 0.5) is 0 Å². The molecule has 0 saturated heterocycles. The fourth-order valence-corrected chi connectivity index (χ4v) is 4.62. The fraction of sp³-hybridized carbons (Fsp3) is 0.174. The third-order valence-electron chi connectivity index (χ3n) is 5.31. The smallest absolute Gasteiger partial charge is 0.291 e. The van der Waals surface area contributed by atoms with Crippen LogP contribution in [0.25, 0.3) is 17.1 Å². The van der Waals surface area contributed by atoms with Crippen LogP contribution in [0.2, 0.25) is 0 Å². The molecule has 4 heterocycles. The number of fused-ring (bicyclic) bond motifs is 3. The molecule has 0 amide bonds. The lowest BCUT2D eigenvalue weighted by atomic mass is 10.0. The third kappa shape index (κ3) is 3.07. The average molecular weight is 431 g/mol. The monoisotopic (exact) mass is 431 g/mol. The molecule has 2 unspecified atom stereocenters. The first-order chi connectivity index (χ1) is 15.2. The van der Waals surface area contributed by atoms with Crippen LogP contribution in [0.3, 0.4) is 0 Å². The Morgan fingerprint density at radius 1 is 1.06 bits per heavy atom. The highest BCUT2D eigenvalue weighted by Crippen LogP contribution is 2.35. The summed E-state index contributed by atoms with van der Waals surface area (Å²) in [5.41, 5.74) is 1.72. The first-order valence-corrected chi connectivity index (χ1v) is 10.7. The number of thiazole rings is 1. The maximum absolute atomic E-state index is 12.9. The first kappa shape index (κ1) is 18.1. The summed E-state index contributed by atoms with van der Waals surface area (Å²) in [5.74, 6) is 2.62. The molecule has 7 nitrogen and oxygen atoms in total. The largest absolute Gasteiger partial charge is 0.485 e. The summed E-state index contributed by atoms with van der Waals surface area (Å²) in [6.45, 7) is 2.26. The van der Waals surface area contributed by atoms with E-state index in [1.54, 1.807) is 0 Å². The SMILES string of the molecule is CC1Oc2ccccc2C=C1/C=c1/sc2nc(C3COc4ccccc4O3)nn2c1=O. The molecule has 0 radical (unpaired) electrons. The van der Waals surface area contributed by atoms with E-state index >= 15 is 0 Å². The lowest BCUT2D eigenvalue weighted by Crippen LogP contribution is -2.27. The van der Waals surface area contributed by atoms with E-state index in [0.717, 1.165) is 16.9 Å². The van der Waals surface area contributed by atoms with Gasteiger partial charge in [0.1, 0.15) is 18.5 Å².